The van der Waals surface area contributed by atoms with E-state index >= 15 is 0 Å². The highest BCUT2D eigenvalue weighted by Crippen LogP contribution is 2.38. The van der Waals surface area contributed by atoms with Crippen LogP contribution in [0.25, 0.3) is 0 Å². The second kappa shape index (κ2) is 11.7. The Morgan fingerprint density at radius 2 is 1.97 bits per heavy atom. The highest BCUT2D eigenvalue weighted by Gasteiger charge is 2.31. The molecule has 9 nitrogen and oxygen atoms in total. The molecule has 0 bridgehead atoms. The summed E-state index contributed by atoms with van der Waals surface area (Å²) in [5.41, 5.74) is 1.94. The van der Waals surface area contributed by atoms with Crippen LogP contribution < -0.4 is 16.0 Å². The van der Waals surface area contributed by atoms with Crippen LogP contribution in [0.3, 0.4) is 0 Å². The summed E-state index contributed by atoms with van der Waals surface area (Å²) in [4.78, 5) is 37.5. The fourth-order valence-electron chi connectivity index (χ4n) is 4.43. The average Bonchev–Trinajstić information content (AvgIpc) is 3.20. The van der Waals surface area contributed by atoms with Crippen molar-refractivity contribution in [2.75, 3.05) is 18.5 Å². The smallest absolute Gasteiger partial charge is 0.338 e. The normalized spacial score (nSPS) is 20.4. The molecule has 0 radical (unpaired) electrons. The Kier molecular flexibility index (Phi) is 8.37. The Balaban J connectivity index is 1.39. The molecule has 10 heteroatoms. The zero-order chi connectivity index (χ0) is 24.8. The third-order valence-electron chi connectivity index (χ3n) is 6.14. The number of benzene rings is 1. The third kappa shape index (κ3) is 6.59. The van der Waals surface area contributed by atoms with Crippen molar-refractivity contribution in [2.24, 2.45) is 0 Å². The third-order valence-corrected chi connectivity index (χ3v) is 7.28. The summed E-state index contributed by atoms with van der Waals surface area (Å²) in [5, 5.41) is 19.4. The molecule has 4 N–H and O–H groups in total. The van der Waals surface area contributed by atoms with Crippen molar-refractivity contribution in [3.8, 4) is 0 Å². The number of hydrogen-bond acceptors (Lipinski definition) is 7. The van der Waals surface area contributed by atoms with E-state index in [9.17, 15) is 19.5 Å². The van der Waals surface area contributed by atoms with E-state index in [1.54, 1.807) is 0 Å². The minimum absolute atomic E-state index is 0.187. The highest BCUT2D eigenvalue weighted by atomic mass is 32.1. The van der Waals surface area contributed by atoms with Gasteiger partial charge in [-0.15, -0.1) is 11.3 Å². The van der Waals surface area contributed by atoms with Crippen molar-refractivity contribution in [1.29, 1.82) is 0 Å². The second-order valence-corrected chi connectivity index (χ2v) is 9.94. The Bertz CT molecular complexity index is 1050. The molecule has 2 aromatic rings. The molecular weight excluding hydrogens is 470 g/mol. The number of carbonyl (C=O) groups is 3. The summed E-state index contributed by atoms with van der Waals surface area (Å²) in [6.45, 7) is 2.55. The number of carboxylic acids is 1. The molecule has 1 saturated heterocycles. The molecular formula is C25H31N3O6S. The molecule has 2 amide bonds. The van der Waals surface area contributed by atoms with E-state index in [0.29, 0.717) is 24.4 Å². The number of nitrogens with one attached hydrogen (secondary N) is 3. The fraction of sp³-hybridized carbons (Fsp3) is 0.480. The van der Waals surface area contributed by atoms with Gasteiger partial charge in [0.2, 0.25) is 11.8 Å². The van der Waals surface area contributed by atoms with Gasteiger partial charge in [-0.05, 0) is 30.4 Å². The molecule has 0 spiro atoms. The van der Waals surface area contributed by atoms with Crippen LogP contribution >= 0.6 is 11.3 Å². The van der Waals surface area contributed by atoms with Gasteiger partial charge in [-0.2, -0.15) is 0 Å². The van der Waals surface area contributed by atoms with E-state index in [-0.39, 0.29) is 42.9 Å². The van der Waals surface area contributed by atoms with Crippen molar-refractivity contribution >= 4 is 34.1 Å². The van der Waals surface area contributed by atoms with E-state index in [0.717, 1.165) is 35.3 Å². The van der Waals surface area contributed by atoms with Crippen molar-refractivity contribution in [1.82, 2.24) is 10.6 Å². The lowest BCUT2D eigenvalue weighted by atomic mass is 10.0. The molecule has 3 atom stereocenters. The van der Waals surface area contributed by atoms with Crippen LogP contribution in [-0.4, -0.2) is 54.4 Å². The largest absolute Gasteiger partial charge is 0.478 e. The molecule has 1 fully saturated rings. The number of anilines is 1. The van der Waals surface area contributed by atoms with Crippen LogP contribution in [0.2, 0.25) is 0 Å². The van der Waals surface area contributed by atoms with Crippen LogP contribution in [0, 0.1) is 0 Å². The maximum absolute atomic E-state index is 12.9. The molecule has 2 aliphatic heterocycles. The number of carbonyl (C=O) groups excluding carboxylic acids is 2. The lowest BCUT2D eigenvalue weighted by molar-refractivity contribution is -0.128. The van der Waals surface area contributed by atoms with Crippen LogP contribution in [0.1, 0.15) is 52.5 Å². The maximum atomic E-state index is 12.9. The van der Waals surface area contributed by atoms with Crippen LogP contribution in [0.15, 0.2) is 30.3 Å². The van der Waals surface area contributed by atoms with Gasteiger partial charge in [0.05, 0.1) is 18.3 Å². The van der Waals surface area contributed by atoms with Crippen LogP contribution in [-0.2, 0) is 38.5 Å². The Hall–Kier alpha value is -2.95. The van der Waals surface area contributed by atoms with Crippen molar-refractivity contribution < 1.29 is 29.0 Å². The van der Waals surface area contributed by atoms with E-state index in [1.165, 1.54) is 18.3 Å². The van der Waals surface area contributed by atoms with Crippen molar-refractivity contribution in [2.45, 2.75) is 64.0 Å². The molecule has 0 aliphatic carbocycles. The molecule has 3 unspecified atom stereocenters. The predicted molar refractivity (Wildman–Crippen MR) is 132 cm³/mol. The van der Waals surface area contributed by atoms with Gasteiger partial charge in [-0.3, -0.25) is 9.59 Å². The summed E-state index contributed by atoms with van der Waals surface area (Å²) < 4.78 is 11.6. The molecule has 0 saturated carbocycles. The average molecular weight is 502 g/mol. The molecule has 3 heterocycles. The first kappa shape index (κ1) is 25.2. The minimum atomic E-state index is -0.987. The quantitative estimate of drug-likeness (QED) is 0.416. The summed E-state index contributed by atoms with van der Waals surface area (Å²) in [7, 11) is 0. The number of aromatic carboxylic acids is 1. The van der Waals surface area contributed by atoms with Gasteiger partial charge in [0, 0.05) is 37.8 Å². The SMILES string of the molecule is CC(=O)NC(Cc1ccccc1)C(=O)NCC1Cc2c(sc(NC3CCCCO3)c2C(=O)O)CO1. The zero-order valence-electron chi connectivity index (χ0n) is 19.7. The van der Waals surface area contributed by atoms with Crippen LogP contribution in [0.5, 0.6) is 0 Å². The van der Waals surface area contributed by atoms with Gasteiger partial charge in [0.25, 0.3) is 0 Å². The minimum Gasteiger partial charge on any atom is -0.478 e. The number of amides is 2. The van der Waals surface area contributed by atoms with E-state index in [2.05, 4.69) is 16.0 Å². The molecule has 188 valence electrons. The highest BCUT2D eigenvalue weighted by molar-refractivity contribution is 7.16. The predicted octanol–water partition coefficient (Wildman–Crippen LogP) is 2.69. The van der Waals surface area contributed by atoms with Gasteiger partial charge in [-0.25, -0.2) is 4.79 Å². The van der Waals surface area contributed by atoms with E-state index in [4.69, 9.17) is 9.47 Å². The van der Waals surface area contributed by atoms with Gasteiger partial charge >= 0.3 is 5.97 Å². The first-order chi connectivity index (χ1) is 16.9. The van der Waals surface area contributed by atoms with Gasteiger partial charge in [-0.1, -0.05) is 30.3 Å². The lowest BCUT2D eigenvalue weighted by Crippen LogP contribution is -2.49. The molecule has 4 rings (SSSR count). The van der Waals surface area contributed by atoms with Crippen LogP contribution in [0.4, 0.5) is 5.00 Å². The maximum Gasteiger partial charge on any atom is 0.338 e. The number of hydrogen-bond donors (Lipinski definition) is 4. The second-order valence-electron chi connectivity index (χ2n) is 8.84. The summed E-state index contributed by atoms with van der Waals surface area (Å²) >= 11 is 1.39. The zero-order valence-corrected chi connectivity index (χ0v) is 20.5. The summed E-state index contributed by atoms with van der Waals surface area (Å²) in [5.74, 6) is -1.58. The first-order valence-corrected chi connectivity index (χ1v) is 12.7. The number of ether oxygens (including phenoxy) is 2. The standard InChI is InChI=1S/C25H31N3O6S/c1-15(29)27-19(11-16-7-3-2-4-8-16)23(30)26-13-17-12-18-20(14-34-17)35-24(22(18)25(31)32)28-21-9-5-6-10-33-21/h2-4,7-8,17,19,21,28H,5-6,9-14H2,1H3,(H,26,30)(H,27,29)(H,31,32). The fourth-order valence-corrected chi connectivity index (χ4v) is 5.61. The van der Waals surface area contributed by atoms with Gasteiger partial charge in [0.15, 0.2) is 0 Å². The molecule has 2 aliphatic rings. The van der Waals surface area contributed by atoms with Crippen molar-refractivity contribution in [3.63, 3.8) is 0 Å². The van der Waals surface area contributed by atoms with E-state index < -0.39 is 12.0 Å². The first-order valence-electron chi connectivity index (χ1n) is 11.9. The number of rotatable bonds is 9. The monoisotopic (exact) mass is 501 g/mol. The summed E-state index contributed by atoms with van der Waals surface area (Å²) in [6.07, 6.45) is 3.09. The molecule has 1 aromatic heterocycles. The number of fused-ring (bicyclic) bond motifs is 1. The Morgan fingerprint density at radius 1 is 1.17 bits per heavy atom. The Morgan fingerprint density at radius 3 is 2.66 bits per heavy atom. The Labute approximate surface area is 208 Å². The molecule has 1 aromatic carbocycles. The lowest BCUT2D eigenvalue weighted by Gasteiger charge is -2.25. The number of carboxylic acid groups (broad SMARTS) is 1. The topological polar surface area (TPSA) is 126 Å². The molecule has 35 heavy (non-hydrogen) atoms. The number of thiophene rings is 1. The van der Waals surface area contributed by atoms with Gasteiger partial charge < -0.3 is 30.5 Å². The van der Waals surface area contributed by atoms with Crippen molar-refractivity contribution in [3.05, 3.63) is 51.9 Å². The van der Waals surface area contributed by atoms with E-state index in [1.807, 2.05) is 30.3 Å². The van der Waals surface area contributed by atoms with Gasteiger partial charge in [0.1, 0.15) is 17.3 Å². The summed E-state index contributed by atoms with van der Waals surface area (Å²) in [6, 6.07) is 8.76.